The van der Waals surface area contributed by atoms with Crippen molar-refractivity contribution in [3.63, 3.8) is 0 Å². The summed E-state index contributed by atoms with van der Waals surface area (Å²) < 4.78 is 1.56. The van der Waals surface area contributed by atoms with Gasteiger partial charge in [-0.3, -0.25) is 19.2 Å². The number of aryl methyl sites for hydroxylation is 1. The van der Waals surface area contributed by atoms with Gasteiger partial charge in [0.1, 0.15) is 12.2 Å². The van der Waals surface area contributed by atoms with Gasteiger partial charge < -0.3 is 0 Å². The quantitative estimate of drug-likeness (QED) is 0.773. The van der Waals surface area contributed by atoms with Crippen LogP contribution in [0.4, 0.5) is 5.69 Å². The van der Waals surface area contributed by atoms with Crippen molar-refractivity contribution in [2.24, 2.45) is 7.05 Å². The first-order valence-corrected chi connectivity index (χ1v) is 5.94. The fraction of sp³-hybridized carbons (Fsp3) is 0.167. The van der Waals surface area contributed by atoms with Crippen LogP contribution in [0.2, 0.25) is 5.02 Å². The maximum atomic E-state index is 12.0. The van der Waals surface area contributed by atoms with E-state index in [-0.39, 0.29) is 6.54 Å². The van der Waals surface area contributed by atoms with Gasteiger partial charge in [0.2, 0.25) is 0 Å². The molecule has 0 fully saturated rings. The van der Waals surface area contributed by atoms with Gasteiger partial charge >= 0.3 is 0 Å². The summed E-state index contributed by atoms with van der Waals surface area (Å²) in [6, 6.07) is 4.77. The first-order chi connectivity index (χ1) is 9.08. The Kier molecular flexibility index (Phi) is 2.60. The lowest BCUT2D eigenvalue weighted by Gasteiger charge is -2.15. The van der Waals surface area contributed by atoms with Gasteiger partial charge in [-0.05, 0) is 18.2 Å². The molecule has 0 radical (unpaired) electrons. The fourth-order valence-electron chi connectivity index (χ4n) is 2.03. The van der Waals surface area contributed by atoms with Crippen LogP contribution in [-0.2, 0) is 18.4 Å². The smallest absolute Gasteiger partial charge is 0.297 e. The number of nitrogens with zero attached hydrogens (tertiary/aromatic N) is 4. The average molecular weight is 277 g/mol. The highest BCUT2D eigenvalue weighted by Crippen LogP contribution is 2.32. The minimum atomic E-state index is -0.569. The van der Waals surface area contributed by atoms with Crippen molar-refractivity contribution in [1.82, 2.24) is 14.8 Å². The van der Waals surface area contributed by atoms with E-state index in [0.717, 1.165) is 0 Å². The first kappa shape index (κ1) is 11.9. The Balaban J connectivity index is 2.04. The Labute approximate surface area is 113 Å². The number of halogens is 1. The summed E-state index contributed by atoms with van der Waals surface area (Å²) in [6.07, 6.45) is 1.40. The number of hydrogen-bond acceptors (Lipinski definition) is 4. The van der Waals surface area contributed by atoms with Gasteiger partial charge in [0, 0.05) is 12.1 Å². The molecule has 96 valence electrons. The summed E-state index contributed by atoms with van der Waals surface area (Å²) in [6.45, 7) is 0.189. The van der Waals surface area contributed by atoms with Crippen LogP contribution >= 0.6 is 11.6 Å². The van der Waals surface area contributed by atoms with Crippen LogP contribution < -0.4 is 4.90 Å². The van der Waals surface area contributed by atoms with Gasteiger partial charge in [-0.25, -0.2) is 4.98 Å². The van der Waals surface area contributed by atoms with Crippen LogP contribution in [0.5, 0.6) is 0 Å². The third-order valence-corrected chi connectivity index (χ3v) is 3.27. The fourth-order valence-corrected chi connectivity index (χ4v) is 2.20. The van der Waals surface area contributed by atoms with Crippen LogP contribution in [0.1, 0.15) is 16.2 Å². The summed E-state index contributed by atoms with van der Waals surface area (Å²) in [7, 11) is 1.73. The highest BCUT2D eigenvalue weighted by atomic mass is 35.5. The topological polar surface area (TPSA) is 68.1 Å². The molecular weight excluding hydrogens is 268 g/mol. The Morgan fingerprint density at radius 2 is 2.11 bits per heavy atom. The van der Waals surface area contributed by atoms with Gasteiger partial charge in [-0.15, -0.1) is 0 Å². The monoisotopic (exact) mass is 276 g/mol. The second kappa shape index (κ2) is 4.17. The van der Waals surface area contributed by atoms with Gasteiger partial charge in [0.05, 0.1) is 17.8 Å². The van der Waals surface area contributed by atoms with Crippen molar-refractivity contribution in [3.05, 3.63) is 40.9 Å². The molecule has 2 heterocycles. The van der Waals surface area contributed by atoms with Gasteiger partial charge in [-0.1, -0.05) is 11.6 Å². The summed E-state index contributed by atoms with van der Waals surface area (Å²) in [5, 5.41) is 4.41. The Bertz CT molecular complexity index is 695. The molecule has 0 unspecified atom stereocenters. The maximum Gasteiger partial charge on any atom is 0.299 e. The SMILES string of the molecule is Cn1ncnc1CN1C(=O)C(=O)c2ccc(Cl)cc21. The predicted molar refractivity (Wildman–Crippen MR) is 68.0 cm³/mol. The normalized spacial score (nSPS) is 14.1. The number of aromatic nitrogens is 3. The van der Waals surface area contributed by atoms with Gasteiger partial charge in [0.25, 0.3) is 11.7 Å². The van der Waals surface area contributed by atoms with E-state index >= 15 is 0 Å². The van der Waals surface area contributed by atoms with Crippen molar-refractivity contribution >= 4 is 29.0 Å². The lowest BCUT2D eigenvalue weighted by Crippen LogP contribution is -2.30. The number of benzene rings is 1. The van der Waals surface area contributed by atoms with Crippen molar-refractivity contribution in [3.8, 4) is 0 Å². The molecule has 0 saturated carbocycles. The van der Waals surface area contributed by atoms with Gasteiger partial charge in [-0.2, -0.15) is 5.10 Å². The largest absolute Gasteiger partial charge is 0.299 e. The number of fused-ring (bicyclic) bond motifs is 1. The molecule has 2 aromatic rings. The number of rotatable bonds is 2. The predicted octanol–water partition coefficient (Wildman–Crippen LogP) is 1.20. The molecule has 1 amide bonds. The first-order valence-electron chi connectivity index (χ1n) is 5.56. The lowest BCUT2D eigenvalue weighted by atomic mass is 10.1. The van der Waals surface area contributed by atoms with Crippen LogP contribution in [0.3, 0.4) is 0 Å². The van der Waals surface area contributed by atoms with E-state index in [0.29, 0.717) is 22.1 Å². The van der Waals surface area contributed by atoms with Crippen molar-refractivity contribution in [2.45, 2.75) is 6.54 Å². The molecule has 0 saturated heterocycles. The molecule has 7 heteroatoms. The lowest BCUT2D eigenvalue weighted by molar-refractivity contribution is -0.114. The second-order valence-corrected chi connectivity index (χ2v) is 4.62. The molecule has 0 N–H and O–H groups in total. The molecule has 0 bridgehead atoms. The zero-order valence-electron chi connectivity index (χ0n) is 10.00. The molecule has 19 heavy (non-hydrogen) atoms. The Hall–Kier alpha value is -2.21. The summed E-state index contributed by atoms with van der Waals surface area (Å²) in [4.78, 5) is 29.3. The number of hydrogen-bond donors (Lipinski definition) is 0. The standard InChI is InChI=1S/C12H9ClN4O2/c1-16-10(14-6-15-16)5-17-9-4-7(13)2-3-8(9)11(18)12(17)19/h2-4,6H,5H2,1H3. The van der Waals surface area contributed by atoms with E-state index in [9.17, 15) is 9.59 Å². The number of anilines is 1. The molecular formula is C12H9ClN4O2. The van der Waals surface area contributed by atoms with Crippen molar-refractivity contribution in [2.75, 3.05) is 4.90 Å². The molecule has 6 nitrogen and oxygen atoms in total. The summed E-state index contributed by atoms with van der Waals surface area (Å²) in [5.74, 6) is -0.497. The zero-order valence-corrected chi connectivity index (χ0v) is 10.8. The molecule has 3 rings (SSSR count). The zero-order chi connectivity index (χ0) is 13.6. The average Bonchev–Trinajstić information content (AvgIpc) is 2.88. The number of Topliss-reactive ketones (excluding diaryl/α,β-unsaturated/α-hetero) is 1. The molecule has 1 aliphatic rings. The molecule has 1 aromatic carbocycles. The Morgan fingerprint density at radius 3 is 2.79 bits per heavy atom. The van der Waals surface area contributed by atoms with E-state index in [4.69, 9.17) is 11.6 Å². The van der Waals surface area contributed by atoms with Crippen molar-refractivity contribution in [1.29, 1.82) is 0 Å². The van der Waals surface area contributed by atoms with Crippen LogP contribution in [0.25, 0.3) is 0 Å². The summed E-state index contributed by atoms with van der Waals surface area (Å²) in [5.41, 5.74) is 0.891. The van der Waals surface area contributed by atoms with Crippen LogP contribution in [0, 0.1) is 0 Å². The maximum absolute atomic E-state index is 12.0. The Morgan fingerprint density at radius 1 is 1.32 bits per heavy atom. The van der Waals surface area contributed by atoms with Gasteiger partial charge in [0.15, 0.2) is 0 Å². The number of carbonyl (C=O) groups excluding carboxylic acids is 2. The van der Waals surface area contributed by atoms with E-state index in [1.165, 1.54) is 11.2 Å². The second-order valence-electron chi connectivity index (χ2n) is 4.18. The third-order valence-electron chi connectivity index (χ3n) is 3.04. The molecule has 1 aromatic heterocycles. The number of ketones is 1. The minimum absolute atomic E-state index is 0.189. The summed E-state index contributed by atoms with van der Waals surface area (Å²) >= 11 is 5.91. The minimum Gasteiger partial charge on any atom is -0.297 e. The molecule has 0 atom stereocenters. The van der Waals surface area contributed by atoms with E-state index in [1.54, 1.807) is 29.9 Å². The van der Waals surface area contributed by atoms with E-state index in [2.05, 4.69) is 10.1 Å². The van der Waals surface area contributed by atoms with E-state index in [1.807, 2.05) is 0 Å². The highest BCUT2D eigenvalue weighted by Gasteiger charge is 2.36. The number of amides is 1. The highest BCUT2D eigenvalue weighted by molar-refractivity contribution is 6.52. The van der Waals surface area contributed by atoms with Crippen LogP contribution in [-0.4, -0.2) is 26.5 Å². The number of carbonyl (C=O) groups is 2. The van der Waals surface area contributed by atoms with Crippen molar-refractivity contribution < 1.29 is 9.59 Å². The molecule has 1 aliphatic heterocycles. The third kappa shape index (κ3) is 1.80. The molecule has 0 aliphatic carbocycles. The van der Waals surface area contributed by atoms with Crippen LogP contribution in [0.15, 0.2) is 24.5 Å². The molecule has 0 spiro atoms. The van der Waals surface area contributed by atoms with E-state index < -0.39 is 11.7 Å².